The van der Waals surface area contributed by atoms with Gasteiger partial charge in [0.15, 0.2) is 0 Å². The normalized spacial score (nSPS) is 12.6. The number of rotatable bonds is 7. The van der Waals surface area contributed by atoms with E-state index in [2.05, 4.69) is 15.7 Å². The molecule has 1 amide bonds. The summed E-state index contributed by atoms with van der Waals surface area (Å²) in [4.78, 5) is 13.3. The Balaban J connectivity index is 1.81. The highest BCUT2D eigenvalue weighted by Crippen LogP contribution is 2.35. The quantitative estimate of drug-likeness (QED) is 0.251. The molecule has 4 aromatic rings. The molecule has 1 unspecified atom stereocenters. The second-order valence-electron chi connectivity index (χ2n) is 8.30. The molecule has 0 bridgehead atoms. The Morgan fingerprint density at radius 1 is 1.14 bits per heavy atom. The summed E-state index contributed by atoms with van der Waals surface area (Å²) in [6.07, 6.45) is -1.30. The maximum atomic E-state index is 13.6. The van der Waals surface area contributed by atoms with Crippen LogP contribution in [0.15, 0.2) is 79.1 Å². The zero-order valence-electron chi connectivity index (χ0n) is 20.0. The molecular weight excluding hydrogens is 483 g/mol. The van der Waals surface area contributed by atoms with E-state index in [0.29, 0.717) is 28.0 Å². The van der Waals surface area contributed by atoms with Gasteiger partial charge in [0.2, 0.25) is 0 Å². The van der Waals surface area contributed by atoms with E-state index in [9.17, 15) is 23.1 Å². The fourth-order valence-electron chi connectivity index (χ4n) is 3.84. The van der Waals surface area contributed by atoms with Gasteiger partial charge in [0, 0.05) is 29.9 Å². The van der Waals surface area contributed by atoms with Crippen LogP contribution in [-0.2, 0) is 6.18 Å². The lowest BCUT2D eigenvalue weighted by Crippen LogP contribution is -2.17. The Hall–Kier alpha value is -4.44. The molecule has 0 aliphatic carbocycles. The van der Waals surface area contributed by atoms with Crippen molar-refractivity contribution in [1.29, 1.82) is 5.41 Å². The van der Waals surface area contributed by atoms with Gasteiger partial charge in [-0.3, -0.25) is 4.79 Å². The highest BCUT2D eigenvalue weighted by atomic mass is 19.4. The number of aliphatic hydroxyl groups excluding tert-OH is 1. The van der Waals surface area contributed by atoms with Crippen LogP contribution < -0.4 is 10.6 Å². The lowest BCUT2D eigenvalue weighted by molar-refractivity contribution is -0.137. The van der Waals surface area contributed by atoms with E-state index in [1.807, 2.05) is 30.3 Å². The fraction of sp³-hybridized carbons (Fsp3) is 0.148. The van der Waals surface area contributed by atoms with Crippen LogP contribution in [0, 0.1) is 5.41 Å². The number of fused-ring (bicyclic) bond motifs is 1. The molecule has 0 saturated carbocycles. The minimum absolute atomic E-state index is 0.0596. The number of nitrogens with zero attached hydrogens (tertiary/aromatic N) is 2. The van der Waals surface area contributed by atoms with E-state index >= 15 is 0 Å². The smallest absolute Gasteiger partial charge is 0.394 e. The summed E-state index contributed by atoms with van der Waals surface area (Å²) in [6.45, 7) is 1.61. The van der Waals surface area contributed by atoms with Crippen molar-refractivity contribution in [3.8, 4) is 11.3 Å². The Morgan fingerprint density at radius 3 is 2.51 bits per heavy atom. The van der Waals surface area contributed by atoms with Crippen LogP contribution in [0.25, 0.3) is 16.8 Å². The number of benzene rings is 2. The summed E-state index contributed by atoms with van der Waals surface area (Å²) in [7, 11) is 1.56. The average Bonchev–Trinajstić information content (AvgIpc) is 3.24. The van der Waals surface area contributed by atoms with E-state index in [0.717, 1.165) is 18.2 Å². The lowest BCUT2D eigenvalue weighted by atomic mass is 9.98. The van der Waals surface area contributed by atoms with E-state index in [-0.39, 0.29) is 5.56 Å². The molecule has 7 nitrogen and oxygen atoms in total. The first-order valence-corrected chi connectivity index (χ1v) is 11.3. The van der Waals surface area contributed by atoms with Crippen LogP contribution in [0.1, 0.15) is 40.1 Å². The van der Waals surface area contributed by atoms with Gasteiger partial charge in [0.05, 0.1) is 28.6 Å². The van der Waals surface area contributed by atoms with Crippen molar-refractivity contribution in [1.82, 2.24) is 14.9 Å². The Labute approximate surface area is 210 Å². The van der Waals surface area contributed by atoms with Gasteiger partial charge in [-0.15, -0.1) is 0 Å². The van der Waals surface area contributed by atoms with E-state index < -0.39 is 35.0 Å². The van der Waals surface area contributed by atoms with E-state index in [1.165, 1.54) is 12.3 Å². The van der Waals surface area contributed by atoms with Crippen LogP contribution in [-0.4, -0.2) is 33.4 Å². The van der Waals surface area contributed by atoms with Crippen LogP contribution in [0.4, 0.5) is 18.9 Å². The number of carbonyl (C=O) groups is 1. The van der Waals surface area contributed by atoms with Crippen LogP contribution in [0.5, 0.6) is 0 Å². The van der Waals surface area contributed by atoms with E-state index in [4.69, 9.17) is 5.41 Å². The standard InChI is InChI=1S/C27H24F3N5O2/c1-16(36)18-11-13-35-23(15-18)25(24(34-35)17-6-4-3-5-7-17)33-26(37)19-8-9-21(27(28,29)30)20(14-19)22(31)10-12-32-2/h3-16,31-32,36H,1-2H3,(H,33,37)/b12-10-,31-22?. The number of aliphatic hydroxyl groups is 1. The number of halogens is 3. The summed E-state index contributed by atoms with van der Waals surface area (Å²) in [5, 5.41) is 28.2. The first-order chi connectivity index (χ1) is 17.6. The van der Waals surface area contributed by atoms with Crippen LogP contribution >= 0.6 is 0 Å². The fourth-order valence-corrected chi connectivity index (χ4v) is 3.84. The summed E-state index contributed by atoms with van der Waals surface area (Å²) >= 11 is 0. The van der Waals surface area contributed by atoms with Crippen LogP contribution in [0.2, 0.25) is 0 Å². The number of hydrogen-bond donors (Lipinski definition) is 4. The van der Waals surface area contributed by atoms with Crippen molar-refractivity contribution in [2.24, 2.45) is 0 Å². The molecule has 0 aliphatic rings. The van der Waals surface area contributed by atoms with Crippen molar-refractivity contribution in [2.45, 2.75) is 19.2 Å². The maximum absolute atomic E-state index is 13.6. The molecule has 0 radical (unpaired) electrons. The van der Waals surface area contributed by atoms with Crippen LogP contribution in [0.3, 0.4) is 0 Å². The molecule has 10 heteroatoms. The second kappa shape index (κ2) is 10.3. The highest BCUT2D eigenvalue weighted by molar-refractivity contribution is 6.12. The topological polar surface area (TPSA) is 103 Å². The number of amides is 1. The first kappa shape index (κ1) is 25.6. The maximum Gasteiger partial charge on any atom is 0.417 e. The number of nitrogens with one attached hydrogen (secondary N) is 3. The third-order valence-electron chi connectivity index (χ3n) is 5.72. The third kappa shape index (κ3) is 5.39. The predicted octanol–water partition coefficient (Wildman–Crippen LogP) is 5.43. The molecule has 1 atom stereocenters. The molecule has 0 aliphatic heterocycles. The summed E-state index contributed by atoms with van der Waals surface area (Å²) in [6, 6.07) is 15.4. The predicted molar refractivity (Wildman–Crippen MR) is 136 cm³/mol. The summed E-state index contributed by atoms with van der Waals surface area (Å²) < 4.78 is 42.4. The molecule has 0 spiro atoms. The minimum atomic E-state index is -4.70. The zero-order chi connectivity index (χ0) is 26.7. The number of alkyl halides is 3. The van der Waals surface area contributed by atoms with Gasteiger partial charge < -0.3 is 21.1 Å². The van der Waals surface area contributed by atoms with Gasteiger partial charge in [-0.2, -0.15) is 18.3 Å². The molecule has 0 fully saturated rings. The van der Waals surface area contributed by atoms with Crippen molar-refractivity contribution < 1.29 is 23.1 Å². The average molecular weight is 508 g/mol. The van der Waals surface area contributed by atoms with Crippen molar-refractivity contribution >= 4 is 22.8 Å². The third-order valence-corrected chi connectivity index (χ3v) is 5.72. The van der Waals surface area contributed by atoms with Gasteiger partial charge in [-0.05, 0) is 55.1 Å². The van der Waals surface area contributed by atoms with E-state index in [1.54, 1.807) is 36.8 Å². The number of hydrogen-bond acceptors (Lipinski definition) is 5. The van der Waals surface area contributed by atoms with Gasteiger partial charge in [-0.1, -0.05) is 30.3 Å². The minimum Gasteiger partial charge on any atom is -0.394 e. The monoisotopic (exact) mass is 507 g/mol. The second-order valence-corrected chi connectivity index (χ2v) is 8.30. The Kier molecular flexibility index (Phi) is 7.12. The van der Waals surface area contributed by atoms with Gasteiger partial charge in [0.1, 0.15) is 5.69 Å². The van der Waals surface area contributed by atoms with Gasteiger partial charge >= 0.3 is 6.18 Å². The number of allylic oxidation sites excluding steroid dienone is 1. The number of pyridine rings is 1. The van der Waals surface area contributed by atoms with Gasteiger partial charge in [-0.25, -0.2) is 4.52 Å². The molecule has 4 N–H and O–H groups in total. The molecular formula is C27H24F3N5O2. The van der Waals surface area contributed by atoms with Crippen molar-refractivity contribution in [2.75, 3.05) is 12.4 Å². The Morgan fingerprint density at radius 2 is 1.86 bits per heavy atom. The molecule has 2 aromatic carbocycles. The zero-order valence-corrected chi connectivity index (χ0v) is 20.0. The van der Waals surface area contributed by atoms with Crippen molar-refractivity contribution in [3.05, 3.63) is 101 Å². The summed E-state index contributed by atoms with van der Waals surface area (Å²) in [5.74, 6) is -0.671. The highest BCUT2D eigenvalue weighted by Gasteiger charge is 2.34. The Bertz CT molecular complexity index is 1490. The molecule has 4 rings (SSSR count). The molecule has 2 heterocycles. The summed E-state index contributed by atoms with van der Waals surface area (Å²) in [5.41, 5.74) is 0.704. The lowest BCUT2D eigenvalue weighted by Gasteiger charge is -2.14. The SMILES string of the molecule is CN/C=C\C(=N)c1cc(C(=O)Nc2c(-c3ccccc3)nn3ccc(C(C)O)cc23)ccc1C(F)(F)F. The van der Waals surface area contributed by atoms with Gasteiger partial charge in [0.25, 0.3) is 5.91 Å². The molecule has 37 heavy (non-hydrogen) atoms. The number of aromatic nitrogens is 2. The molecule has 2 aromatic heterocycles. The molecule has 0 saturated heterocycles. The number of anilines is 1. The largest absolute Gasteiger partial charge is 0.417 e. The molecule has 190 valence electrons. The number of carbonyl (C=O) groups excluding carboxylic acids is 1. The van der Waals surface area contributed by atoms with Crippen molar-refractivity contribution in [3.63, 3.8) is 0 Å². The first-order valence-electron chi connectivity index (χ1n) is 11.3.